The predicted octanol–water partition coefficient (Wildman–Crippen LogP) is 1.46. The average Bonchev–Trinajstić information content (AvgIpc) is 3.33. The zero-order valence-electron chi connectivity index (χ0n) is 16.7. The van der Waals surface area contributed by atoms with Gasteiger partial charge in [-0.05, 0) is 11.6 Å². The van der Waals surface area contributed by atoms with Gasteiger partial charge in [-0.1, -0.05) is 0 Å². The van der Waals surface area contributed by atoms with Gasteiger partial charge >= 0.3 is 6.09 Å². The Morgan fingerprint density at radius 2 is 2.10 bits per heavy atom. The topological polar surface area (TPSA) is 96.5 Å². The summed E-state index contributed by atoms with van der Waals surface area (Å²) < 4.78 is 12.2. The number of aromatic nitrogens is 3. The first kappa shape index (κ1) is 18.6. The van der Waals surface area contributed by atoms with Crippen molar-refractivity contribution in [1.29, 1.82) is 5.26 Å². The van der Waals surface area contributed by atoms with Crippen LogP contribution in [0.1, 0.15) is 16.8 Å². The average molecular weight is 406 g/mol. The van der Waals surface area contributed by atoms with Crippen LogP contribution in [0.3, 0.4) is 0 Å². The van der Waals surface area contributed by atoms with Crippen molar-refractivity contribution in [2.24, 2.45) is 7.05 Å². The summed E-state index contributed by atoms with van der Waals surface area (Å²) in [6.45, 7) is 3.46. The molecule has 3 aliphatic rings. The van der Waals surface area contributed by atoms with Crippen LogP contribution in [0.25, 0.3) is 11.1 Å². The number of allylic oxidation sites excluding steroid dienone is 2. The molecular weight excluding hydrogens is 384 g/mol. The number of hydrogen-bond donors (Lipinski definition) is 0. The molecule has 0 unspecified atom stereocenters. The van der Waals surface area contributed by atoms with E-state index in [1.54, 1.807) is 22.0 Å². The molecule has 0 N–H and O–H groups in total. The number of nitrogens with zero attached hydrogens (tertiary/aromatic N) is 6. The Morgan fingerprint density at radius 1 is 1.30 bits per heavy atom. The molecule has 9 heteroatoms. The Hall–Kier alpha value is -3.38. The summed E-state index contributed by atoms with van der Waals surface area (Å²) in [5.74, 6) is 0. The third-order valence-electron chi connectivity index (χ3n) is 5.82. The first-order chi connectivity index (χ1) is 14.6. The normalized spacial score (nSPS) is 18.8. The highest BCUT2D eigenvalue weighted by atomic mass is 16.6. The van der Waals surface area contributed by atoms with E-state index in [4.69, 9.17) is 9.47 Å². The maximum atomic E-state index is 12.3. The van der Waals surface area contributed by atoms with Gasteiger partial charge < -0.3 is 19.3 Å². The third kappa shape index (κ3) is 3.19. The lowest BCUT2D eigenvalue weighted by molar-refractivity contribution is -0.104. The molecule has 2 aromatic rings. The molecule has 0 radical (unpaired) electrons. The maximum absolute atomic E-state index is 12.3. The van der Waals surface area contributed by atoms with Gasteiger partial charge in [0.05, 0.1) is 30.7 Å². The molecule has 9 nitrogen and oxygen atoms in total. The van der Waals surface area contributed by atoms with E-state index in [2.05, 4.69) is 21.1 Å². The van der Waals surface area contributed by atoms with Crippen molar-refractivity contribution in [2.45, 2.75) is 12.5 Å². The Balaban J connectivity index is 1.36. The molecule has 0 bridgehead atoms. The molecule has 1 aliphatic carbocycles. The lowest BCUT2D eigenvalue weighted by Gasteiger charge is -2.37. The highest BCUT2D eigenvalue weighted by molar-refractivity contribution is 6.05. The van der Waals surface area contributed by atoms with E-state index < -0.39 is 0 Å². The van der Waals surface area contributed by atoms with E-state index >= 15 is 0 Å². The molecule has 2 fully saturated rings. The molecule has 4 heterocycles. The number of rotatable bonds is 3. The van der Waals surface area contributed by atoms with Crippen LogP contribution in [0, 0.1) is 11.3 Å². The van der Waals surface area contributed by atoms with Crippen LogP contribution in [-0.4, -0.2) is 71.3 Å². The third-order valence-corrected chi connectivity index (χ3v) is 5.82. The standard InChI is InChI=1S/C21H22N6O3/c1-25-11-14(10-24-25)16-8-18-20(17(16)9-22)19(2-3-23-18)26-4-6-27(7-5-26)21(28)30-15-12-29-13-15/h2-3,10-11,15H,4-8,12-13H2,1H3. The van der Waals surface area contributed by atoms with Crippen LogP contribution in [0.5, 0.6) is 0 Å². The summed E-state index contributed by atoms with van der Waals surface area (Å²) in [5, 5.41) is 14.2. The molecule has 0 spiro atoms. The molecule has 2 saturated heterocycles. The van der Waals surface area contributed by atoms with Gasteiger partial charge in [-0.3, -0.25) is 9.67 Å². The molecule has 30 heavy (non-hydrogen) atoms. The van der Waals surface area contributed by atoms with E-state index in [-0.39, 0.29) is 12.2 Å². The minimum absolute atomic E-state index is 0.117. The molecule has 2 aliphatic heterocycles. The number of aryl methyl sites for hydroxylation is 1. The fourth-order valence-corrected chi connectivity index (χ4v) is 4.15. The number of pyridine rings is 1. The van der Waals surface area contributed by atoms with Crippen molar-refractivity contribution in [3.05, 3.63) is 41.5 Å². The van der Waals surface area contributed by atoms with Gasteiger partial charge in [0.1, 0.15) is 6.07 Å². The van der Waals surface area contributed by atoms with E-state index in [9.17, 15) is 10.1 Å². The first-order valence-electron chi connectivity index (χ1n) is 10.0. The highest BCUT2D eigenvalue weighted by Gasteiger charge is 2.32. The smallest absolute Gasteiger partial charge is 0.410 e. The summed E-state index contributed by atoms with van der Waals surface area (Å²) in [5.41, 5.74) is 5.39. The monoisotopic (exact) mass is 406 g/mol. The second-order valence-electron chi connectivity index (χ2n) is 7.71. The van der Waals surface area contributed by atoms with Gasteiger partial charge in [0.25, 0.3) is 0 Å². The number of carbonyl (C=O) groups excluding carboxylic acids is 1. The Morgan fingerprint density at radius 3 is 2.73 bits per heavy atom. The van der Waals surface area contributed by atoms with E-state index in [1.165, 1.54) is 0 Å². The van der Waals surface area contributed by atoms with Gasteiger partial charge in [-0.25, -0.2) is 4.79 Å². The van der Waals surface area contributed by atoms with Crippen molar-refractivity contribution in [3.8, 4) is 6.07 Å². The summed E-state index contributed by atoms with van der Waals surface area (Å²) >= 11 is 0. The van der Waals surface area contributed by atoms with Gasteiger partial charge in [0.15, 0.2) is 6.10 Å². The Kier molecular flexibility index (Phi) is 4.64. The van der Waals surface area contributed by atoms with Gasteiger partial charge in [0.2, 0.25) is 0 Å². The molecular formula is C21H22N6O3. The number of hydrogen-bond acceptors (Lipinski definition) is 7. The van der Waals surface area contributed by atoms with Crippen molar-refractivity contribution in [1.82, 2.24) is 19.7 Å². The molecule has 2 aromatic heterocycles. The summed E-state index contributed by atoms with van der Waals surface area (Å²) in [7, 11) is 1.87. The second kappa shape index (κ2) is 7.46. The quantitative estimate of drug-likeness (QED) is 0.761. The van der Waals surface area contributed by atoms with E-state index in [0.29, 0.717) is 51.4 Å². The highest BCUT2D eigenvalue weighted by Crippen LogP contribution is 2.42. The van der Waals surface area contributed by atoms with E-state index in [0.717, 1.165) is 28.1 Å². The Bertz CT molecular complexity index is 1060. The summed E-state index contributed by atoms with van der Waals surface area (Å²) in [6, 6.07) is 4.36. The zero-order valence-corrected chi connectivity index (χ0v) is 16.7. The van der Waals surface area contributed by atoms with Crippen LogP contribution in [0.15, 0.2) is 24.7 Å². The first-order valence-corrected chi connectivity index (χ1v) is 10.0. The summed E-state index contributed by atoms with van der Waals surface area (Å²) in [6.07, 6.45) is 5.73. The van der Waals surface area contributed by atoms with Crippen LogP contribution >= 0.6 is 0 Å². The number of amides is 1. The van der Waals surface area contributed by atoms with Crippen molar-refractivity contribution in [3.63, 3.8) is 0 Å². The minimum atomic E-state index is -0.278. The van der Waals surface area contributed by atoms with Gasteiger partial charge in [-0.2, -0.15) is 10.4 Å². The SMILES string of the molecule is Cn1cc(C2=C(C#N)c3c(N4CCN(C(=O)OC5COC5)CC4)ccnc3C2)cn1. The molecule has 5 rings (SSSR count). The van der Waals surface area contributed by atoms with Crippen molar-refractivity contribution < 1.29 is 14.3 Å². The Labute approximate surface area is 174 Å². The zero-order chi connectivity index (χ0) is 20.7. The fourth-order valence-electron chi connectivity index (χ4n) is 4.15. The van der Waals surface area contributed by atoms with Crippen LogP contribution < -0.4 is 4.90 Å². The summed E-state index contributed by atoms with van der Waals surface area (Å²) in [4.78, 5) is 20.8. The molecule has 0 atom stereocenters. The molecule has 1 amide bonds. The lowest BCUT2D eigenvalue weighted by Crippen LogP contribution is -2.51. The molecule has 154 valence electrons. The van der Waals surface area contributed by atoms with Gasteiger partial charge in [0, 0.05) is 68.9 Å². The number of anilines is 1. The fraction of sp³-hybridized carbons (Fsp3) is 0.429. The maximum Gasteiger partial charge on any atom is 0.410 e. The van der Waals surface area contributed by atoms with Crippen LogP contribution in [0.4, 0.5) is 10.5 Å². The minimum Gasteiger partial charge on any atom is -0.441 e. The number of ether oxygens (including phenoxy) is 2. The predicted molar refractivity (Wildman–Crippen MR) is 108 cm³/mol. The molecule has 0 saturated carbocycles. The number of piperazine rings is 1. The number of nitriles is 1. The number of fused-ring (bicyclic) bond motifs is 1. The number of carbonyl (C=O) groups is 1. The largest absolute Gasteiger partial charge is 0.441 e. The second-order valence-corrected chi connectivity index (χ2v) is 7.71. The van der Waals surface area contributed by atoms with Crippen molar-refractivity contribution in [2.75, 3.05) is 44.3 Å². The van der Waals surface area contributed by atoms with E-state index in [1.807, 2.05) is 19.3 Å². The van der Waals surface area contributed by atoms with Crippen LogP contribution in [-0.2, 0) is 22.9 Å². The molecule has 0 aromatic carbocycles. The van der Waals surface area contributed by atoms with Gasteiger partial charge in [-0.15, -0.1) is 0 Å². The van der Waals surface area contributed by atoms with Crippen molar-refractivity contribution >= 4 is 22.9 Å². The lowest BCUT2D eigenvalue weighted by atomic mass is 10.0. The van der Waals surface area contributed by atoms with Crippen LogP contribution in [0.2, 0.25) is 0 Å².